The van der Waals surface area contributed by atoms with E-state index in [0.29, 0.717) is 5.57 Å². The van der Waals surface area contributed by atoms with Gasteiger partial charge in [-0.15, -0.1) is 0 Å². The Labute approximate surface area is 102 Å². The summed E-state index contributed by atoms with van der Waals surface area (Å²) in [6.07, 6.45) is 5.19. The summed E-state index contributed by atoms with van der Waals surface area (Å²) in [5, 5.41) is 2.86. The minimum absolute atomic E-state index is 0.0822. The molecular formula is C13H19N3O. The lowest BCUT2D eigenvalue weighted by Gasteiger charge is -2.22. The van der Waals surface area contributed by atoms with Crippen LogP contribution in [-0.4, -0.2) is 23.1 Å². The third-order valence-electron chi connectivity index (χ3n) is 2.34. The lowest BCUT2D eigenvalue weighted by atomic mass is 10.2. The van der Waals surface area contributed by atoms with Crippen molar-refractivity contribution in [3.05, 3.63) is 35.9 Å². The zero-order valence-corrected chi connectivity index (χ0v) is 10.8. The average molecular weight is 233 g/mol. The van der Waals surface area contributed by atoms with Crippen LogP contribution in [0.4, 0.5) is 0 Å². The van der Waals surface area contributed by atoms with E-state index in [-0.39, 0.29) is 11.9 Å². The maximum absolute atomic E-state index is 11.9. The molecule has 0 radical (unpaired) electrons. The van der Waals surface area contributed by atoms with E-state index >= 15 is 0 Å². The highest BCUT2D eigenvalue weighted by atomic mass is 16.1. The van der Waals surface area contributed by atoms with Gasteiger partial charge >= 0.3 is 0 Å². The number of hydrogen-bond donors (Lipinski definition) is 1. The molecule has 1 amide bonds. The Balaban J connectivity index is 3.00. The zero-order chi connectivity index (χ0) is 13.0. The Morgan fingerprint density at radius 3 is 2.76 bits per heavy atom. The molecule has 1 N–H and O–H groups in total. The molecule has 1 aliphatic rings. The SMILES string of the molecule is C=CN1C=C(C)N=C/C1=C(/C)C(=O)NC(C)C. The summed E-state index contributed by atoms with van der Waals surface area (Å²) in [6, 6.07) is 0.119. The standard InChI is InChI=1S/C13H19N3O/c1-6-16-8-10(4)14-7-12(16)11(5)13(17)15-9(2)3/h6-9H,1H2,2-5H3,(H,15,17)/b12-11+. The first-order chi connectivity index (χ1) is 7.95. The van der Waals surface area contributed by atoms with E-state index in [4.69, 9.17) is 0 Å². The maximum Gasteiger partial charge on any atom is 0.249 e. The van der Waals surface area contributed by atoms with Crippen LogP contribution >= 0.6 is 0 Å². The minimum Gasteiger partial charge on any atom is -0.350 e. The number of rotatable bonds is 3. The fourth-order valence-corrected chi connectivity index (χ4v) is 1.46. The van der Waals surface area contributed by atoms with E-state index in [0.717, 1.165) is 11.4 Å². The molecule has 0 unspecified atom stereocenters. The summed E-state index contributed by atoms with van der Waals surface area (Å²) in [5.74, 6) is -0.0822. The summed E-state index contributed by atoms with van der Waals surface area (Å²) >= 11 is 0. The zero-order valence-electron chi connectivity index (χ0n) is 10.8. The number of aliphatic imine (C=N–C) groups is 1. The first kappa shape index (κ1) is 13.2. The van der Waals surface area contributed by atoms with Crippen LogP contribution in [0.3, 0.4) is 0 Å². The van der Waals surface area contributed by atoms with Crippen LogP contribution in [0.2, 0.25) is 0 Å². The van der Waals surface area contributed by atoms with E-state index < -0.39 is 0 Å². The van der Waals surface area contributed by atoms with E-state index in [1.54, 1.807) is 24.2 Å². The molecule has 0 saturated carbocycles. The number of carbonyl (C=O) groups excluding carboxylic acids is 1. The Hall–Kier alpha value is -1.84. The number of hydrogen-bond acceptors (Lipinski definition) is 3. The predicted molar refractivity (Wildman–Crippen MR) is 70.3 cm³/mol. The van der Waals surface area contributed by atoms with Gasteiger partial charge in [0.1, 0.15) is 0 Å². The lowest BCUT2D eigenvalue weighted by Crippen LogP contribution is -2.32. The predicted octanol–water partition coefficient (Wildman–Crippen LogP) is 2.18. The van der Waals surface area contributed by atoms with Gasteiger partial charge in [0.05, 0.1) is 17.6 Å². The maximum atomic E-state index is 11.9. The normalized spacial score (nSPS) is 17.9. The first-order valence-electron chi connectivity index (χ1n) is 5.60. The molecule has 1 aliphatic heterocycles. The van der Waals surface area contributed by atoms with Gasteiger partial charge in [0, 0.05) is 24.0 Å². The van der Waals surface area contributed by atoms with Crippen molar-refractivity contribution in [1.29, 1.82) is 0 Å². The van der Waals surface area contributed by atoms with Gasteiger partial charge in [-0.25, -0.2) is 0 Å². The summed E-state index contributed by atoms with van der Waals surface area (Å²) < 4.78 is 0. The quantitative estimate of drug-likeness (QED) is 0.759. The molecule has 17 heavy (non-hydrogen) atoms. The van der Waals surface area contributed by atoms with Crippen molar-refractivity contribution in [1.82, 2.24) is 10.2 Å². The van der Waals surface area contributed by atoms with Gasteiger partial charge in [0.25, 0.3) is 0 Å². The minimum atomic E-state index is -0.0822. The number of carbonyl (C=O) groups is 1. The summed E-state index contributed by atoms with van der Waals surface area (Å²) in [5.41, 5.74) is 2.26. The number of allylic oxidation sites excluding steroid dienone is 2. The Kier molecular flexibility index (Phi) is 4.26. The Bertz CT molecular complexity index is 416. The van der Waals surface area contributed by atoms with Gasteiger partial charge in [-0.2, -0.15) is 0 Å². The van der Waals surface area contributed by atoms with Crippen molar-refractivity contribution in [2.75, 3.05) is 0 Å². The molecule has 1 rings (SSSR count). The van der Waals surface area contributed by atoms with Crippen LogP contribution in [0, 0.1) is 0 Å². The molecule has 4 heteroatoms. The first-order valence-corrected chi connectivity index (χ1v) is 5.60. The number of amides is 1. The average Bonchev–Trinajstić information content (AvgIpc) is 2.27. The second-order valence-corrected chi connectivity index (χ2v) is 4.26. The molecule has 0 aromatic heterocycles. The van der Waals surface area contributed by atoms with Crippen LogP contribution in [-0.2, 0) is 4.79 Å². The molecular weight excluding hydrogens is 214 g/mol. The van der Waals surface area contributed by atoms with Crippen molar-refractivity contribution in [2.45, 2.75) is 33.7 Å². The molecule has 0 saturated heterocycles. The molecule has 0 aromatic rings. The molecule has 0 atom stereocenters. The van der Waals surface area contributed by atoms with E-state index in [1.165, 1.54) is 0 Å². The third kappa shape index (κ3) is 3.31. The molecule has 92 valence electrons. The van der Waals surface area contributed by atoms with Crippen LogP contribution in [0.1, 0.15) is 27.7 Å². The number of nitrogens with zero attached hydrogens (tertiary/aromatic N) is 2. The molecule has 0 aromatic carbocycles. The highest BCUT2D eigenvalue weighted by Crippen LogP contribution is 2.16. The molecule has 0 bridgehead atoms. The lowest BCUT2D eigenvalue weighted by molar-refractivity contribution is -0.118. The molecule has 0 fully saturated rings. The second kappa shape index (κ2) is 5.48. The Morgan fingerprint density at radius 1 is 1.59 bits per heavy atom. The van der Waals surface area contributed by atoms with Gasteiger partial charge < -0.3 is 10.2 Å². The van der Waals surface area contributed by atoms with Crippen LogP contribution < -0.4 is 5.32 Å². The highest BCUT2D eigenvalue weighted by Gasteiger charge is 2.15. The summed E-state index contributed by atoms with van der Waals surface area (Å²) in [7, 11) is 0. The van der Waals surface area contributed by atoms with E-state index in [9.17, 15) is 4.79 Å². The molecule has 0 aliphatic carbocycles. The largest absolute Gasteiger partial charge is 0.350 e. The van der Waals surface area contributed by atoms with Crippen molar-refractivity contribution in [2.24, 2.45) is 4.99 Å². The fourth-order valence-electron chi connectivity index (χ4n) is 1.46. The van der Waals surface area contributed by atoms with Crippen molar-refractivity contribution < 1.29 is 4.79 Å². The molecule has 4 nitrogen and oxygen atoms in total. The molecule has 0 spiro atoms. The van der Waals surface area contributed by atoms with Gasteiger partial charge in [0.2, 0.25) is 5.91 Å². The van der Waals surface area contributed by atoms with Gasteiger partial charge in [-0.05, 0) is 27.7 Å². The van der Waals surface area contributed by atoms with Crippen LogP contribution in [0.15, 0.2) is 40.9 Å². The molecule has 1 heterocycles. The second-order valence-electron chi connectivity index (χ2n) is 4.26. The Morgan fingerprint density at radius 2 is 2.24 bits per heavy atom. The smallest absolute Gasteiger partial charge is 0.249 e. The van der Waals surface area contributed by atoms with Crippen molar-refractivity contribution >= 4 is 12.1 Å². The summed E-state index contributed by atoms with van der Waals surface area (Å²) in [6.45, 7) is 11.3. The number of nitrogens with one attached hydrogen (secondary N) is 1. The summed E-state index contributed by atoms with van der Waals surface area (Å²) in [4.78, 5) is 17.9. The fraction of sp³-hybridized carbons (Fsp3) is 0.385. The van der Waals surface area contributed by atoms with Crippen molar-refractivity contribution in [3.8, 4) is 0 Å². The topological polar surface area (TPSA) is 44.7 Å². The van der Waals surface area contributed by atoms with Crippen molar-refractivity contribution in [3.63, 3.8) is 0 Å². The van der Waals surface area contributed by atoms with Gasteiger partial charge in [0.15, 0.2) is 0 Å². The third-order valence-corrected chi connectivity index (χ3v) is 2.34. The van der Waals surface area contributed by atoms with E-state index in [2.05, 4.69) is 16.9 Å². The monoisotopic (exact) mass is 233 g/mol. The van der Waals surface area contributed by atoms with E-state index in [1.807, 2.05) is 27.0 Å². The van der Waals surface area contributed by atoms with Crippen LogP contribution in [0.5, 0.6) is 0 Å². The highest BCUT2D eigenvalue weighted by molar-refractivity contribution is 5.99. The van der Waals surface area contributed by atoms with Gasteiger partial charge in [-0.1, -0.05) is 6.58 Å². The van der Waals surface area contributed by atoms with Gasteiger partial charge in [-0.3, -0.25) is 9.79 Å². The van der Waals surface area contributed by atoms with Crippen LogP contribution in [0.25, 0.3) is 0 Å².